The summed E-state index contributed by atoms with van der Waals surface area (Å²) < 4.78 is 0. The van der Waals surface area contributed by atoms with E-state index in [1.54, 1.807) is 12.1 Å². The van der Waals surface area contributed by atoms with Crippen LogP contribution in [0.4, 0.5) is 5.69 Å². The summed E-state index contributed by atoms with van der Waals surface area (Å²) in [7, 11) is 0. The summed E-state index contributed by atoms with van der Waals surface area (Å²) in [5, 5.41) is 10.7. The van der Waals surface area contributed by atoms with Gasteiger partial charge >= 0.3 is 17.1 Å². The van der Waals surface area contributed by atoms with Gasteiger partial charge in [0, 0.05) is 4.92 Å². The average Bonchev–Trinajstić information content (AvgIpc) is 3.14. The molecule has 3 aromatic rings. The molecule has 102 valence electrons. The van der Waals surface area contributed by atoms with Crippen LogP contribution in [0.15, 0.2) is 78.9 Å². The molecule has 0 atom stereocenters. The number of hydrogen-bond acceptors (Lipinski definition) is 2. The topological polar surface area (TPSA) is 43.1 Å². The molecular weight excluding hydrogens is 294 g/mol. The first-order chi connectivity index (χ1) is 9.29. The van der Waals surface area contributed by atoms with Gasteiger partial charge in [0.1, 0.15) is 0 Å². The molecule has 0 unspecified atom stereocenters. The van der Waals surface area contributed by atoms with Crippen LogP contribution in [0.5, 0.6) is 0 Å². The molecule has 0 spiro atoms. The zero-order valence-electron chi connectivity index (χ0n) is 10.6. The van der Waals surface area contributed by atoms with Gasteiger partial charge in [-0.3, -0.25) is 10.1 Å². The first kappa shape index (κ1) is 15.9. The van der Waals surface area contributed by atoms with E-state index in [1.165, 1.54) is 6.07 Å². The Bertz CT molecular complexity index is 598. The number of benzene rings is 1. The van der Waals surface area contributed by atoms with Crippen molar-refractivity contribution < 1.29 is 22.0 Å². The molecule has 0 heterocycles. The summed E-state index contributed by atoms with van der Waals surface area (Å²) >= 11 is 0. The maximum absolute atomic E-state index is 10.7. The van der Waals surface area contributed by atoms with Crippen LogP contribution in [-0.4, -0.2) is 4.92 Å². The normalized spacial score (nSPS) is 9.00. The molecule has 3 rings (SSSR count). The zero-order chi connectivity index (χ0) is 13.5. The maximum Gasteiger partial charge on any atom is 2.00 e. The summed E-state index contributed by atoms with van der Waals surface area (Å²) in [6.45, 7) is 0. The molecular formula is C16H13FeNO2. The third kappa shape index (κ3) is 4.19. The molecule has 0 saturated heterocycles. The van der Waals surface area contributed by atoms with E-state index in [9.17, 15) is 10.1 Å². The Morgan fingerprint density at radius 2 is 1.60 bits per heavy atom. The van der Waals surface area contributed by atoms with Crippen molar-refractivity contribution in [2.24, 2.45) is 0 Å². The van der Waals surface area contributed by atoms with Crippen molar-refractivity contribution in [3.8, 4) is 11.1 Å². The molecule has 0 saturated carbocycles. The van der Waals surface area contributed by atoms with Crippen molar-refractivity contribution in [3.63, 3.8) is 0 Å². The molecule has 0 aliphatic heterocycles. The predicted molar refractivity (Wildman–Crippen MR) is 76.2 cm³/mol. The third-order valence-corrected chi connectivity index (χ3v) is 2.63. The van der Waals surface area contributed by atoms with Crippen molar-refractivity contribution in [1.29, 1.82) is 0 Å². The van der Waals surface area contributed by atoms with Gasteiger partial charge in [0.2, 0.25) is 5.69 Å². The van der Waals surface area contributed by atoms with Crippen molar-refractivity contribution in [2.45, 2.75) is 0 Å². The summed E-state index contributed by atoms with van der Waals surface area (Å²) in [4.78, 5) is 10.3. The number of nitrogens with zero attached hydrogens (tertiary/aromatic N) is 1. The summed E-state index contributed by atoms with van der Waals surface area (Å²) in [6.07, 6.45) is 0. The quantitative estimate of drug-likeness (QED) is 0.305. The van der Waals surface area contributed by atoms with Crippen molar-refractivity contribution in [3.05, 3.63) is 89.0 Å². The Morgan fingerprint density at radius 1 is 0.950 bits per heavy atom. The van der Waals surface area contributed by atoms with Gasteiger partial charge in [0.05, 0.1) is 0 Å². The zero-order valence-corrected chi connectivity index (χ0v) is 11.7. The minimum atomic E-state index is -0.359. The van der Waals surface area contributed by atoms with Gasteiger partial charge in [0.25, 0.3) is 0 Å². The van der Waals surface area contributed by atoms with E-state index >= 15 is 0 Å². The van der Waals surface area contributed by atoms with E-state index in [0.29, 0.717) is 5.56 Å². The molecule has 3 aromatic carbocycles. The van der Waals surface area contributed by atoms with E-state index in [2.05, 4.69) is 0 Å². The van der Waals surface area contributed by atoms with Gasteiger partial charge < -0.3 is 0 Å². The molecule has 0 amide bonds. The summed E-state index contributed by atoms with van der Waals surface area (Å²) in [5.41, 5.74) is 1.72. The van der Waals surface area contributed by atoms with Crippen LogP contribution in [0.2, 0.25) is 0 Å². The molecule has 0 aromatic heterocycles. The number of nitro groups is 1. The van der Waals surface area contributed by atoms with Gasteiger partial charge in [-0.05, 0) is 5.56 Å². The van der Waals surface area contributed by atoms with Crippen LogP contribution < -0.4 is 0 Å². The van der Waals surface area contributed by atoms with E-state index in [1.807, 2.05) is 60.7 Å². The molecule has 0 aliphatic carbocycles. The minimum absolute atomic E-state index is 0. The Hall–Kier alpha value is -2.16. The molecule has 3 nitrogen and oxygen atoms in total. The first-order valence-corrected chi connectivity index (χ1v) is 5.91. The van der Waals surface area contributed by atoms with E-state index in [4.69, 9.17) is 0 Å². The van der Waals surface area contributed by atoms with Gasteiger partial charge in [-0.25, -0.2) is 12.1 Å². The van der Waals surface area contributed by atoms with Gasteiger partial charge in [0.15, 0.2) is 0 Å². The van der Waals surface area contributed by atoms with Crippen LogP contribution in [0.3, 0.4) is 0 Å². The van der Waals surface area contributed by atoms with E-state index in [0.717, 1.165) is 5.56 Å². The Kier molecular flexibility index (Phi) is 6.44. The molecule has 0 aliphatic rings. The molecule has 20 heavy (non-hydrogen) atoms. The van der Waals surface area contributed by atoms with Gasteiger partial charge in [-0.1, -0.05) is 24.3 Å². The first-order valence-electron chi connectivity index (χ1n) is 5.91. The third-order valence-electron chi connectivity index (χ3n) is 2.63. The predicted octanol–water partition coefficient (Wildman–Crippen LogP) is 4.38. The largest absolute Gasteiger partial charge is 2.00 e. The maximum atomic E-state index is 10.7. The molecule has 0 fully saturated rings. The number of hydrogen-bond donors (Lipinski definition) is 0. The van der Waals surface area contributed by atoms with E-state index in [-0.39, 0.29) is 27.7 Å². The Labute approximate surface area is 128 Å². The minimum Gasteiger partial charge on any atom is -0.260 e. The van der Waals surface area contributed by atoms with Crippen molar-refractivity contribution >= 4 is 5.69 Å². The van der Waals surface area contributed by atoms with Crippen LogP contribution in [0, 0.1) is 10.1 Å². The van der Waals surface area contributed by atoms with Gasteiger partial charge in [-0.15, -0.1) is 29.8 Å². The monoisotopic (exact) mass is 307 g/mol. The van der Waals surface area contributed by atoms with Crippen molar-refractivity contribution in [1.82, 2.24) is 0 Å². The Balaban J connectivity index is 0.000000283. The molecule has 0 N–H and O–H groups in total. The van der Waals surface area contributed by atoms with Gasteiger partial charge in [-0.2, -0.15) is 18.2 Å². The summed E-state index contributed by atoms with van der Waals surface area (Å²) in [5.74, 6) is 0. The standard InChI is InChI=1S/C11H8NO2.C5H5.Fe/c13-12(14)11-8-4-7-10(11)9-5-2-1-3-6-9;1-2-4-5-3-1;/h1-8H;1-5H;/q2*-1;+2. The second-order valence-electron chi connectivity index (χ2n) is 3.91. The van der Waals surface area contributed by atoms with Crippen molar-refractivity contribution in [2.75, 3.05) is 0 Å². The van der Waals surface area contributed by atoms with Crippen LogP contribution in [-0.2, 0) is 17.1 Å². The van der Waals surface area contributed by atoms with Crippen LogP contribution in [0.25, 0.3) is 11.1 Å². The fourth-order valence-electron chi connectivity index (χ4n) is 1.75. The second kappa shape index (κ2) is 8.10. The molecule has 4 heteroatoms. The fraction of sp³-hybridized carbons (Fsp3) is 0. The Morgan fingerprint density at radius 3 is 2.10 bits per heavy atom. The number of rotatable bonds is 2. The molecule has 0 bridgehead atoms. The molecule has 0 radical (unpaired) electrons. The fourth-order valence-corrected chi connectivity index (χ4v) is 1.75. The second-order valence-corrected chi connectivity index (χ2v) is 3.91. The van der Waals surface area contributed by atoms with E-state index < -0.39 is 0 Å². The smallest absolute Gasteiger partial charge is 0.260 e. The van der Waals surface area contributed by atoms with Crippen LogP contribution >= 0.6 is 0 Å². The van der Waals surface area contributed by atoms with Crippen LogP contribution in [0.1, 0.15) is 0 Å². The average molecular weight is 307 g/mol. The summed E-state index contributed by atoms with van der Waals surface area (Å²) in [6, 6.07) is 24.3. The SMILES string of the molecule is O=[N+]([O-])c1ccc[c-]1-c1ccccc1.[Fe+2].c1cc[cH-]c1.